The number of nitrogens with zero attached hydrogens (tertiary/aromatic N) is 2. The van der Waals surface area contributed by atoms with E-state index in [2.05, 4.69) is 10.3 Å². The first-order chi connectivity index (χ1) is 15.5. The summed E-state index contributed by atoms with van der Waals surface area (Å²) in [5.41, 5.74) is 1.06. The molecule has 4 rings (SSSR count). The number of rotatable bonds is 8. The van der Waals surface area contributed by atoms with Crippen molar-refractivity contribution in [3.05, 3.63) is 42.1 Å². The first-order valence-corrected chi connectivity index (χ1v) is 13.2. The van der Waals surface area contributed by atoms with Crippen LogP contribution in [0.15, 0.2) is 46.5 Å². The van der Waals surface area contributed by atoms with Gasteiger partial charge < -0.3 is 14.8 Å². The highest BCUT2D eigenvalue weighted by molar-refractivity contribution is 7.99. The molecule has 2 aromatic rings. The Morgan fingerprint density at radius 2 is 1.84 bits per heavy atom. The number of aromatic nitrogens is 1. The molecule has 10 heteroatoms. The quantitative estimate of drug-likeness (QED) is 0.583. The van der Waals surface area contributed by atoms with Crippen LogP contribution in [0.3, 0.4) is 0 Å². The number of pyridine rings is 1. The van der Waals surface area contributed by atoms with Gasteiger partial charge in [-0.1, -0.05) is 24.2 Å². The fourth-order valence-corrected chi connectivity index (χ4v) is 5.77. The molecule has 172 valence electrons. The third-order valence-corrected chi connectivity index (χ3v) is 8.18. The number of nitrogens with one attached hydrogen (secondary N) is 1. The molecule has 1 N–H and O–H groups in total. The maximum atomic E-state index is 12.7. The highest BCUT2D eigenvalue weighted by Gasteiger charge is 2.26. The van der Waals surface area contributed by atoms with E-state index in [1.165, 1.54) is 22.3 Å². The smallest absolute Gasteiger partial charge is 0.244 e. The first kappa shape index (κ1) is 22.9. The summed E-state index contributed by atoms with van der Waals surface area (Å²) < 4.78 is 38.0. The molecule has 1 aromatic heterocycles. The molecule has 1 fully saturated rings. The minimum atomic E-state index is -3.49. The number of thioether (sulfide) groups is 1. The van der Waals surface area contributed by atoms with Gasteiger partial charge in [0.2, 0.25) is 15.9 Å². The van der Waals surface area contributed by atoms with Crippen LogP contribution in [0.2, 0.25) is 0 Å². The fourth-order valence-electron chi connectivity index (χ4n) is 3.64. The average Bonchev–Trinajstić information content (AvgIpc) is 2.83. The predicted octanol–water partition coefficient (Wildman–Crippen LogP) is 2.48. The summed E-state index contributed by atoms with van der Waals surface area (Å²) in [6.45, 7) is 2.74. The van der Waals surface area contributed by atoms with E-state index in [0.29, 0.717) is 44.3 Å². The van der Waals surface area contributed by atoms with E-state index in [4.69, 9.17) is 9.47 Å². The van der Waals surface area contributed by atoms with Crippen LogP contribution >= 0.6 is 11.8 Å². The summed E-state index contributed by atoms with van der Waals surface area (Å²) in [6.07, 6.45) is 4.92. The van der Waals surface area contributed by atoms with Gasteiger partial charge in [-0.2, -0.15) is 4.31 Å². The zero-order valence-electron chi connectivity index (χ0n) is 17.8. The molecule has 0 aliphatic carbocycles. The minimum absolute atomic E-state index is 0.0978. The minimum Gasteiger partial charge on any atom is -0.486 e. The number of hydrogen-bond donors (Lipinski definition) is 1. The highest BCUT2D eigenvalue weighted by atomic mass is 32.2. The third-order valence-electron chi connectivity index (χ3n) is 5.36. The Morgan fingerprint density at radius 3 is 2.59 bits per heavy atom. The number of fused-ring (bicyclic) bond motifs is 1. The Labute approximate surface area is 192 Å². The lowest BCUT2D eigenvalue weighted by molar-refractivity contribution is -0.118. The molecule has 0 radical (unpaired) electrons. The molecule has 1 amide bonds. The Bertz CT molecular complexity index is 1040. The fraction of sp³-hybridized carbons (Fsp3) is 0.455. The average molecular weight is 478 g/mol. The van der Waals surface area contributed by atoms with Crippen molar-refractivity contribution in [1.29, 1.82) is 0 Å². The Morgan fingerprint density at radius 1 is 1.06 bits per heavy atom. The van der Waals surface area contributed by atoms with Crippen LogP contribution in [0.1, 0.15) is 24.8 Å². The molecular weight excluding hydrogens is 450 g/mol. The van der Waals surface area contributed by atoms with E-state index in [-0.39, 0.29) is 16.6 Å². The van der Waals surface area contributed by atoms with Crippen LogP contribution in [0.25, 0.3) is 0 Å². The number of sulfonamides is 1. The standard InChI is InChI=1S/C22H27N3O5S2/c26-21(23-9-8-17-4-6-19-20(14-17)30-13-12-29-19)16-31-22-7-5-18(15-24-22)32(27,28)25-10-2-1-3-11-25/h4-7,14-15H,1-3,8-13,16H2,(H,23,26). The monoisotopic (exact) mass is 477 g/mol. The largest absolute Gasteiger partial charge is 0.486 e. The van der Waals surface area contributed by atoms with E-state index >= 15 is 0 Å². The van der Waals surface area contributed by atoms with Crippen LogP contribution in [-0.4, -0.2) is 62.2 Å². The Balaban J connectivity index is 1.22. The van der Waals surface area contributed by atoms with Crippen molar-refractivity contribution in [2.24, 2.45) is 0 Å². The molecule has 2 aliphatic rings. The number of carbonyl (C=O) groups excluding carboxylic acids is 1. The van der Waals surface area contributed by atoms with Crippen molar-refractivity contribution < 1.29 is 22.7 Å². The predicted molar refractivity (Wildman–Crippen MR) is 122 cm³/mol. The van der Waals surface area contributed by atoms with Crippen molar-refractivity contribution >= 4 is 27.7 Å². The van der Waals surface area contributed by atoms with Crippen LogP contribution in [-0.2, 0) is 21.2 Å². The van der Waals surface area contributed by atoms with Gasteiger partial charge >= 0.3 is 0 Å². The molecule has 1 saturated heterocycles. The zero-order chi connectivity index (χ0) is 22.4. The van der Waals surface area contributed by atoms with Gasteiger partial charge in [-0.15, -0.1) is 0 Å². The molecule has 2 aliphatic heterocycles. The third kappa shape index (κ3) is 5.73. The van der Waals surface area contributed by atoms with Crippen LogP contribution in [0.4, 0.5) is 0 Å². The molecule has 3 heterocycles. The maximum absolute atomic E-state index is 12.7. The summed E-state index contributed by atoms with van der Waals surface area (Å²) in [5.74, 6) is 1.61. The zero-order valence-corrected chi connectivity index (χ0v) is 19.4. The number of carbonyl (C=O) groups is 1. The number of piperidine rings is 1. The SMILES string of the molecule is O=C(CSc1ccc(S(=O)(=O)N2CCCCC2)cn1)NCCc1ccc2c(c1)OCCO2. The van der Waals surface area contributed by atoms with Crippen LogP contribution in [0.5, 0.6) is 11.5 Å². The molecule has 0 spiro atoms. The topological polar surface area (TPSA) is 97.8 Å². The lowest BCUT2D eigenvalue weighted by Gasteiger charge is -2.25. The van der Waals surface area contributed by atoms with Crippen LogP contribution in [0, 0.1) is 0 Å². The molecule has 0 saturated carbocycles. The molecule has 0 atom stereocenters. The van der Waals surface area contributed by atoms with Gasteiger partial charge in [0.1, 0.15) is 18.1 Å². The maximum Gasteiger partial charge on any atom is 0.244 e. The molecule has 1 aromatic carbocycles. The normalized spacial score (nSPS) is 16.5. The van der Waals surface area contributed by atoms with Gasteiger partial charge in [0.15, 0.2) is 11.5 Å². The molecule has 0 unspecified atom stereocenters. The summed E-state index contributed by atoms with van der Waals surface area (Å²) in [7, 11) is -3.49. The lowest BCUT2D eigenvalue weighted by Crippen LogP contribution is -2.35. The number of ether oxygens (including phenoxy) is 2. The highest BCUT2D eigenvalue weighted by Crippen LogP contribution is 2.30. The summed E-state index contributed by atoms with van der Waals surface area (Å²) in [4.78, 5) is 16.6. The van der Waals surface area contributed by atoms with Gasteiger partial charge in [0.05, 0.1) is 10.8 Å². The number of benzene rings is 1. The second-order valence-electron chi connectivity index (χ2n) is 7.66. The molecule has 0 bridgehead atoms. The Hall–Kier alpha value is -2.30. The van der Waals surface area contributed by atoms with E-state index in [1.807, 2.05) is 18.2 Å². The Kier molecular flexibility index (Phi) is 7.54. The van der Waals surface area contributed by atoms with Gasteiger partial charge in [0.25, 0.3) is 0 Å². The molecular formula is C22H27N3O5S2. The second-order valence-corrected chi connectivity index (χ2v) is 10.6. The molecule has 32 heavy (non-hydrogen) atoms. The summed E-state index contributed by atoms with van der Waals surface area (Å²) >= 11 is 1.28. The van der Waals surface area contributed by atoms with E-state index in [0.717, 1.165) is 36.3 Å². The first-order valence-electron chi connectivity index (χ1n) is 10.8. The number of hydrogen-bond acceptors (Lipinski definition) is 7. The lowest BCUT2D eigenvalue weighted by atomic mass is 10.1. The van der Waals surface area contributed by atoms with E-state index < -0.39 is 10.0 Å². The van der Waals surface area contributed by atoms with Crippen molar-refractivity contribution in [2.75, 3.05) is 38.6 Å². The van der Waals surface area contributed by atoms with E-state index in [9.17, 15) is 13.2 Å². The van der Waals surface area contributed by atoms with Crippen molar-refractivity contribution in [3.63, 3.8) is 0 Å². The van der Waals surface area contributed by atoms with Crippen molar-refractivity contribution in [2.45, 2.75) is 35.6 Å². The summed E-state index contributed by atoms with van der Waals surface area (Å²) in [5, 5.41) is 3.51. The molecule has 8 nitrogen and oxygen atoms in total. The van der Waals surface area contributed by atoms with Crippen molar-refractivity contribution in [3.8, 4) is 11.5 Å². The van der Waals surface area contributed by atoms with Crippen LogP contribution < -0.4 is 14.8 Å². The summed E-state index contributed by atoms with van der Waals surface area (Å²) in [6, 6.07) is 9.03. The van der Waals surface area contributed by atoms with Gasteiger partial charge in [-0.3, -0.25) is 4.79 Å². The number of amides is 1. The van der Waals surface area contributed by atoms with Gasteiger partial charge in [-0.25, -0.2) is 13.4 Å². The van der Waals surface area contributed by atoms with Crippen molar-refractivity contribution in [1.82, 2.24) is 14.6 Å². The van der Waals surface area contributed by atoms with Gasteiger partial charge in [0, 0.05) is 25.8 Å². The van der Waals surface area contributed by atoms with E-state index in [1.54, 1.807) is 12.1 Å². The second kappa shape index (κ2) is 10.5. The van der Waals surface area contributed by atoms with Gasteiger partial charge in [-0.05, 0) is 49.1 Å².